The van der Waals surface area contributed by atoms with Crippen LogP contribution in [0.2, 0.25) is 0 Å². The summed E-state index contributed by atoms with van der Waals surface area (Å²) in [7, 11) is 2.14. The average Bonchev–Trinajstić information content (AvgIpc) is 3.09. The minimum Gasteiger partial charge on any atom is -0.390 e. The Morgan fingerprint density at radius 2 is 1.84 bits per heavy atom. The van der Waals surface area contributed by atoms with Crippen LogP contribution in [0.25, 0.3) is 0 Å². The van der Waals surface area contributed by atoms with Gasteiger partial charge in [0.1, 0.15) is 0 Å². The van der Waals surface area contributed by atoms with Crippen molar-refractivity contribution in [3.8, 4) is 0 Å². The van der Waals surface area contributed by atoms with Crippen LogP contribution in [-0.4, -0.2) is 72.5 Å². The molecule has 1 aliphatic carbocycles. The lowest BCUT2D eigenvalue weighted by molar-refractivity contribution is -0.0782. The zero-order valence-electron chi connectivity index (χ0n) is 12.9. The van der Waals surface area contributed by atoms with E-state index in [1.165, 1.54) is 12.8 Å². The van der Waals surface area contributed by atoms with E-state index < -0.39 is 0 Å². The van der Waals surface area contributed by atoms with Crippen LogP contribution in [0, 0.1) is 5.92 Å². The van der Waals surface area contributed by atoms with Gasteiger partial charge >= 0.3 is 0 Å². The summed E-state index contributed by atoms with van der Waals surface area (Å²) in [4.78, 5) is 4.65. The number of aliphatic hydroxyl groups is 1. The molecule has 19 heavy (non-hydrogen) atoms. The molecule has 0 aromatic carbocycles. The number of hydrogen-bond donors (Lipinski definition) is 1. The first-order valence-corrected chi connectivity index (χ1v) is 7.71. The third kappa shape index (κ3) is 4.71. The van der Waals surface area contributed by atoms with Gasteiger partial charge < -0.3 is 14.7 Å². The van der Waals surface area contributed by atoms with E-state index in [0.717, 1.165) is 32.1 Å². The van der Waals surface area contributed by atoms with Crippen molar-refractivity contribution in [3.05, 3.63) is 0 Å². The molecule has 112 valence electrons. The van der Waals surface area contributed by atoms with Crippen LogP contribution in [0.1, 0.15) is 33.6 Å². The van der Waals surface area contributed by atoms with Gasteiger partial charge in [0.15, 0.2) is 0 Å². The summed E-state index contributed by atoms with van der Waals surface area (Å²) in [6.07, 6.45) is 3.02. The molecule has 1 N–H and O–H groups in total. The molecule has 1 saturated carbocycles. The quantitative estimate of drug-likeness (QED) is 0.786. The molecular formula is C15H30N2O2. The predicted octanol–water partition coefficient (Wildman–Crippen LogP) is 1.19. The molecule has 0 aromatic rings. The lowest BCUT2D eigenvalue weighted by Crippen LogP contribution is -2.50. The second-order valence-corrected chi connectivity index (χ2v) is 6.65. The standard InChI is InChI=1S/C15H30N2O2/c1-11-7-17(8-12(2)19-11)10-15(18)9-16(4)13(3)14-5-6-14/h11-15,18H,5-10H2,1-4H3. The summed E-state index contributed by atoms with van der Waals surface area (Å²) in [5, 5.41) is 10.3. The van der Waals surface area contributed by atoms with Gasteiger partial charge in [0.05, 0.1) is 18.3 Å². The molecule has 1 heterocycles. The number of ether oxygens (including phenoxy) is 1. The monoisotopic (exact) mass is 270 g/mol. The molecule has 2 fully saturated rings. The van der Waals surface area contributed by atoms with E-state index in [0.29, 0.717) is 6.04 Å². The number of morpholine rings is 1. The van der Waals surface area contributed by atoms with Gasteiger partial charge in [-0.1, -0.05) is 0 Å². The van der Waals surface area contributed by atoms with Gasteiger partial charge in [-0.2, -0.15) is 0 Å². The minimum atomic E-state index is -0.260. The Labute approximate surface area is 117 Å². The van der Waals surface area contributed by atoms with Gasteiger partial charge in [0.2, 0.25) is 0 Å². The molecular weight excluding hydrogens is 240 g/mol. The Morgan fingerprint density at radius 3 is 2.37 bits per heavy atom. The number of likely N-dealkylation sites (N-methyl/N-ethyl adjacent to an activating group) is 1. The molecule has 0 aromatic heterocycles. The highest BCUT2D eigenvalue weighted by Gasteiger charge is 2.31. The fourth-order valence-corrected chi connectivity index (χ4v) is 3.23. The smallest absolute Gasteiger partial charge is 0.0793 e. The van der Waals surface area contributed by atoms with Crippen molar-refractivity contribution in [3.63, 3.8) is 0 Å². The Kier molecular flexibility index (Phi) is 5.23. The van der Waals surface area contributed by atoms with Crippen molar-refractivity contribution < 1.29 is 9.84 Å². The maximum absolute atomic E-state index is 10.3. The molecule has 1 aliphatic heterocycles. The molecule has 4 heteroatoms. The second kappa shape index (κ2) is 6.53. The van der Waals surface area contributed by atoms with Crippen molar-refractivity contribution >= 4 is 0 Å². The Bertz CT molecular complexity index is 273. The molecule has 4 nitrogen and oxygen atoms in total. The van der Waals surface area contributed by atoms with Crippen LogP contribution in [0.3, 0.4) is 0 Å². The van der Waals surface area contributed by atoms with Crippen LogP contribution in [0.4, 0.5) is 0 Å². The van der Waals surface area contributed by atoms with E-state index in [9.17, 15) is 5.11 Å². The Balaban J connectivity index is 1.72. The molecule has 1 saturated heterocycles. The third-order valence-electron chi connectivity index (χ3n) is 4.46. The fraction of sp³-hybridized carbons (Fsp3) is 1.00. The van der Waals surface area contributed by atoms with Gasteiger partial charge in [-0.3, -0.25) is 4.90 Å². The van der Waals surface area contributed by atoms with Crippen LogP contribution in [0.15, 0.2) is 0 Å². The first-order chi connectivity index (χ1) is 8.95. The first-order valence-electron chi connectivity index (χ1n) is 7.71. The summed E-state index contributed by atoms with van der Waals surface area (Å²) in [6, 6.07) is 0.609. The highest BCUT2D eigenvalue weighted by atomic mass is 16.5. The van der Waals surface area contributed by atoms with Crippen molar-refractivity contribution in [2.45, 2.75) is 58.0 Å². The predicted molar refractivity (Wildman–Crippen MR) is 77.3 cm³/mol. The SMILES string of the molecule is CC1CN(CC(O)CN(C)C(C)C2CC2)CC(C)O1. The van der Waals surface area contributed by atoms with Gasteiger partial charge in [-0.05, 0) is 46.6 Å². The van der Waals surface area contributed by atoms with E-state index in [4.69, 9.17) is 4.74 Å². The average molecular weight is 270 g/mol. The molecule has 0 amide bonds. The van der Waals surface area contributed by atoms with Crippen molar-refractivity contribution in [2.75, 3.05) is 33.2 Å². The van der Waals surface area contributed by atoms with E-state index >= 15 is 0 Å². The maximum Gasteiger partial charge on any atom is 0.0793 e. The van der Waals surface area contributed by atoms with Gasteiger partial charge in [-0.25, -0.2) is 0 Å². The molecule has 2 aliphatic rings. The Hall–Kier alpha value is -0.160. The molecule has 2 rings (SSSR count). The van der Waals surface area contributed by atoms with E-state index in [-0.39, 0.29) is 18.3 Å². The van der Waals surface area contributed by atoms with Crippen LogP contribution in [0.5, 0.6) is 0 Å². The highest BCUT2D eigenvalue weighted by Crippen LogP contribution is 2.34. The number of aliphatic hydroxyl groups excluding tert-OH is 1. The molecule has 4 atom stereocenters. The summed E-state index contributed by atoms with van der Waals surface area (Å²) >= 11 is 0. The van der Waals surface area contributed by atoms with Gasteiger partial charge in [-0.15, -0.1) is 0 Å². The number of β-amino-alcohol motifs (C(OH)–C–C–N with tert-alkyl or cyclic N) is 1. The summed E-state index contributed by atoms with van der Waals surface area (Å²) in [6.45, 7) is 9.90. The van der Waals surface area contributed by atoms with Crippen LogP contribution >= 0.6 is 0 Å². The molecule has 4 unspecified atom stereocenters. The Morgan fingerprint density at radius 1 is 1.26 bits per heavy atom. The second-order valence-electron chi connectivity index (χ2n) is 6.65. The zero-order chi connectivity index (χ0) is 14.0. The zero-order valence-corrected chi connectivity index (χ0v) is 12.9. The van der Waals surface area contributed by atoms with Crippen LogP contribution in [-0.2, 0) is 4.74 Å². The number of nitrogens with zero attached hydrogens (tertiary/aromatic N) is 2. The topological polar surface area (TPSA) is 35.9 Å². The molecule has 0 bridgehead atoms. The van der Waals surface area contributed by atoms with Crippen molar-refractivity contribution in [1.82, 2.24) is 9.80 Å². The molecule has 0 spiro atoms. The lowest BCUT2D eigenvalue weighted by atomic mass is 10.1. The van der Waals surface area contributed by atoms with E-state index in [1.807, 2.05) is 0 Å². The van der Waals surface area contributed by atoms with Gasteiger partial charge in [0, 0.05) is 32.2 Å². The van der Waals surface area contributed by atoms with E-state index in [2.05, 4.69) is 37.6 Å². The summed E-state index contributed by atoms with van der Waals surface area (Å²) in [5.74, 6) is 0.862. The first kappa shape index (κ1) is 15.2. The lowest BCUT2D eigenvalue weighted by Gasteiger charge is -2.37. The fourth-order valence-electron chi connectivity index (χ4n) is 3.23. The summed E-state index contributed by atoms with van der Waals surface area (Å²) < 4.78 is 5.72. The van der Waals surface area contributed by atoms with Gasteiger partial charge in [0.25, 0.3) is 0 Å². The number of hydrogen-bond acceptors (Lipinski definition) is 4. The van der Waals surface area contributed by atoms with Crippen molar-refractivity contribution in [2.24, 2.45) is 5.92 Å². The maximum atomic E-state index is 10.3. The molecule has 0 radical (unpaired) electrons. The van der Waals surface area contributed by atoms with E-state index in [1.54, 1.807) is 0 Å². The van der Waals surface area contributed by atoms with Crippen LogP contribution < -0.4 is 0 Å². The van der Waals surface area contributed by atoms with Crippen molar-refractivity contribution in [1.29, 1.82) is 0 Å². The largest absolute Gasteiger partial charge is 0.390 e. The highest BCUT2D eigenvalue weighted by molar-refractivity contribution is 4.85. The number of rotatable bonds is 6. The normalized spacial score (nSPS) is 32.5. The third-order valence-corrected chi connectivity index (χ3v) is 4.46. The summed E-state index contributed by atoms with van der Waals surface area (Å²) in [5.41, 5.74) is 0. The minimum absolute atomic E-state index is 0.260.